The van der Waals surface area contributed by atoms with Crippen molar-refractivity contribution < 1.29 is 4.42 Å². The highest BCUT2D eigenvalue weighted by Gasteiger charge is 2.49. The van der Waals surface area contributed by atoms with E-state index in [1.54, 1.807) is 11.3 Å². The molecule has 1 aromatic carbocycles. The van der Waals surface area contributed by atoms with Crippen LogP contribution in [-0.2, 0) is 12.1 Å². The second-order valence-corrected chi connectivity index (χ2v) is 8.76. The maximum atomic E-state index is 5.66. The third-order valence-corrected chi connectivity index (χ3v) is 7.39. The van der Waals surface area contributed by atoms with Gasteiger partial charge in [0, 0.05) is 35.6 Å². The molecule has 4 aliphatic rings. The summed E-state index contributed by atoms with van der Waals surface area (Å²) in [7, 11) is 0. The Hall–Kier alpha value is -2.00. The topological polar surface area (TPSA) is 30.1 Å². The Morgan fingerprint density at radius 2 is 1.96 bits per heavy atom. The smallest absolute Gasteiger partial charge is 0.104 e. The van der Waals surface area contributed by atoms with Crippen LogP contribution in [0.25, 0.3) is 10.9 Å². The van der Waals surface area contributed by atoms with Gasteiger partial charge in [0.2, 0.25) is 0 Å². The van der Waals surface area contributed by atoms with Gasteiger partial charge in [-0.05, 0) is 74.8 Å². The van der Waals surface area contributed by atoms with Gasteiger partial charge in [-0.3, -0.25) is 0 Å². The maximum Gasteiger partial charge on any atom is 0.104 e. The molecule has 2 bridgehead atoms. The third-order valence-electron chi connectivity index (χ3n) is 7.39. The fourth-order valence-electron chi connectivity index (χ4n) is 6.13. The first-order chi connectivity index (χ1) is 12.7. The van der Waals surface area contributed by atoms with Crippen LogP contribution in [0.5, 0.6) is 0 Å². The fourth-order valence-corrected chi connectivity index (χ4v) is 6.13. The van der Waals surface area contributed by atoms with Crippen LogP contribution in [0.3, 0.4) is 0 Å². The minimum absolute atomic E-state index is 0.184. The highest BCUT2D eigenvalue weighted by Crippen LogP contribution is 2.54. The van der Waals surface area contributed by atoms with Crippen molar-refractivity contribution in [1.29, 1.82) is 0 Å². The molecule has 3 heteroatoms. The molecule has 1 fully saturated rings. The molecule has 1 N–H and O–H groups in total. The molecule has 3 unspecified atom stereocenters. The normalized spacial score (nSPS) is 29.8. The Balaban J connectivity index is 1.63. The molecule has 3 nitrogen and oxygen atoms in total. The largest absolute Gasteiger partial charge is 0.469 e. The lowest BCUT2D eigenvalue weighted by Crippen LogP contribution is -2.53. The number of nitrogens with zero attached hydrogens (tertiary/aromatic N) is 1. The van der Waals surface area contributed by atoms with Crippen LogP contribution in [-0.4, -0.2) is 11.1 Å². The standard InChI is InChI=1S/C23H26N2O/c1-14-3-4-20-19(11-14)21-16-5-8-23(24-12-16)9-6-17(13-25(20)22(21)23)18-7-10-26-15(18)2/h3-4,7,10-11,16-17,24H,5-6,8-9,12-13H2,1-2H3. The number of benzene rings is 1. The van der Waals surface area contributed by atoms with Crippen LogP contribution in [0.1, 0.15) is 65.7 Å². The Kier molecular flexibility index (Phi) is 2.93. The van der Waals surface area contributed by atoms with E-state index in [9.17, 15) is 0 Å². The van der Waals surface area contributed by atoms with Crippen LogP contribution < -0.4 is 5.32 Å². The Bertz CT molecular complexity index is 1020. The quantitative estimate of drug-likeness (QED) is 0.664. The molecule has 1 spiro atoms. The second kappa shape index (κ2) is 5.04. The monoisotopic (exact) mass is 346 g/mol. The molecule has 0 radical (unpaired) electrons. The predicted octanol–water partition coefficient (Wildman–Crippen LogP) is 5.10. The lowest BCUT2D eigenvalue weighted by atomic mass is 9.68. The molecule has 1 aliphatic carbocycles. The number of rotatable bonds is 1. The van der Waals surface area contributed by atoms with Gasteiger partial charge in [-0.2, -0.15) is 0 Å². The van der Waals surface area contributed by atoms with E-state index in [1.165, 1.54) is 47.7 Å². The van der Waals surface area contributed by atoms with E-state index in [2.05, 4.69) is 48.0 Å². The number of fused-ring (bicyclic) bond motifs is 4. The number of furan rings is 1. The number of aromatic nitrogens is 1. The molecular formula is C23H26N2O. The molecule has 5 heterocycles. The van der Waals surface area contributed by atoms with Crippen LogP contribution >= 0.6 is 0 Å². The Labute approximate surface area is 154 Å². The predicted molar refractivity (Wildman–Crippen MR) is 104 cm³/mol. The van der Waals surface area contributed by atoms with Crippen LogP contribution in [0.4, 0.5) is 0 Å². The number of nitrogens with one attached hydrogen (secondary N) is 1. The number of hydrogen-bond acceptors (Lipinski definition) is 2. The van der Waals surface area contributed by atoms with Gasteiger partial charge in [-0.1, -0.05) is 11.6 Å². The molecule has 3 aromatic rings. The summed E-state index contributed by atoms with van der Waals surface area (Å²) in [4.78, 5) is 0. The highest BCUT2D eigenvalue weighted by molar-refractivity contribution is 5.88. The van der Waals surface area contributed by atoms with Gasteiger partial charge < -0.3 is 14.3 Å². The summed E-state index contributed by atoms with van der Waals surface area (Å²) in [5, 5.41) is 5.50. The first-order valence-electron chi connectivity index (χ1n) is 10.1. The zero-order valence-corrected chi connectivity index (χ0v) is 15.6. The molecule has 2 aromatic heterocycles. The van der Waals surface area contributed by atoms with Crippen molar-refractivity contribution >= 4 is 10.9 Å². The highest BCUT2D eigenvalue weighted by atomic mass is 16.3. The van der Waals surface area contributed by atoms with Crippen molar-refractivity contribution in [3.8, 4) is 0 Å². The van der Waals surface area contributed by atoms with Crippen molar-refractivity contribution in [2.75, 3.05) is 6.54 Å². The molecule has 3 aliphatic heterocycles. The van der Waals surface area contributed by atoms with Gasteiger partial charge in [0.1, 0.15) is 5.76 Å². The molecular weight excluding hydrogens is 320 g/mol. The summed E-state index contributed by atoms with van der Waals surface area (Å²) in [6, 6.07) is 9.26. The summed E-state index contributed by atoms with van der Waals surface area (Å²) in [6.07, 6.45) is 6.94. The lowest BCUT2D eigenvalue weighted by Gasteiger charge is -2.47. The van der Waals surface area contributed by atoms with Crippen molar-refractivity contribution in [3.05, 3.63) is 58.7 Å². The molecule has 0 saturated carbocycles. The summed E-state index contributed by atoms with van der Waals surface area (Å²) >= 11 is 0. The molecule has 0 amide bonds. The summed E-state index contributed by atoms with van der Waals surface area (Å²) in [5.41, 5.74) is 7.68. The Morgan fingerprint density at radius 3 is 2.73 bits per heavy atom. The van der Waals surface area contributed by atoms with Crippen molar-refractivity contribution in [3.63, 3.8) is 0 Å². The van der Waals surface area contributed by atoms with Gasteiger partial charge in [0.05, 0.1) is 11.8 Å². The van der Waals surface area contributed by atoms with Crippen LogP contribution in [0, 0.1) is 13.8 Å². The van der Waals surface area contributed by atoms with Gasteiger partial charge in [-0.15, -0.1) is 0 Å². The van der Waals surface area contributed by atoms with Crippen LogP contribution in [0.2, 0.25) is 0 Å². The molecule has 134 valence electrons. The number of hydrogen-bond donors (Lipinski definition) is 1. The van der Waals surface area contributed by atoms with E-state index in [-0.39, 0.29) is 5.54 Å². The minimum Gasteiger partial charge on any atom is -0.469 e. The zero-order valence-electron chi connectivity index (χ0n) is 15.6. The average molecular weight is 346 g/mol. The Morgan fingerprint density at radius 1 is 1.12 bits per heavy atom. The zero-order chi connectivity index (χ0) is 17.5. The summed E-state index contributed by atoms with van der Waals surface area (Å²) in [6.45, 7) is 6.56. The summed E-state index contributed by atoms with van der Waals surface area (Å²) < 4.78 is 8.33. The van der Waals surface area contributed by atoms with Gasteiger partial charge in [0.25, 0.3) is 0 Å². The molecule has 7 rings (SSSR count). The van der Waals surface area contributed by atoms with E-state index in [0.717, 1.165) is 18.8 Å². The molecule has 26 heavy (non-hydrogen) atoms. The first-order valence-corrected chi connectivity index (χ1v) is 10.1. The molecule has 3 atom stereocenters. The average Bonchev–Trinajstić information content (AvgIpc) is 3.17. The number of piperidine rings is 1. The van der Waals surface area contributed by atoms with E-state index >= 15 is 0 Å². The van der Waals surface area contributed by atoms with Gasteiger partial charge in [0.15, 0.2) is 0 Å². The molecule has 1 saturated heterocycles. The fraction of sp³-hybridized carbons (Fsp3) is 0.478. The first kappa shape index (κ1) is 15.1. The van der Waals surface area contributed by atoms with Crippen LogP contribution in [0.15, 0.2) is 34.9 Å². The van der Waals surface area contributed by atoms with Crippen molar-refractivity contribution in [2.24, 2.45) is 0 Å². The number of aryl methyl sites for hydroxylation is 2. The lowest BCUT2D eigenvalue weighted by molar-refractivity contribution is 0.187. The van der Waals surface area contributed by atoms with Gasteiger partial charge in [-0.25, -0.2) is 0 Å². The maximum absolute atomic E-state index is 5.66. The van der Waals surface area contributed by atoms with E-state index in [4.69, 9.17) is 4.42 Å². The van der Waals surface area contributed by atoms with Crippen molar-refractivity contribution in [2.45, 2.75) is 63.5 Å². The van der Waals surface area contributed by atoms with Gasteiger partial charge >= 0.3 is 0 Å². The van der Waals surface area contributed by atoms with E-state index < -0.39 is 0 Å². The summed E-state index contributed by atoms with van der Waals surface area (Å²) in [5.74, 6) is 2.31. The SMILES string of the molecule is Cc1ccc2c(c1)c1c3n2CC(c2ccoc2C)CCC32CCC1CN2. The van der Waals surface area contributed by atoms with E-state index in [0.29, 0.717) is 11.8 Å². The minimum atomic E-state index is 0.184. The van der Waals surface area contributed by atoms with E-state index in [1.807, 2.05) is 6.26 Å². The third kappa shape index (κ3) is 1.82. The van der Waals surface area contributed by atoms with Crippen molar-refractivity contribution in [1.82, 2.24) is 9.88 Å². The second-order valence-electron chi connectivity index (χ2n) is 8.76.